The standard InChI is InChI=1S/C22H25F2N7O2.C22H22F2N6O2/c1-29-6-2-3-13-18(29)27-21(28-19(13)32)30-7-4-22(5-8-30)17-14(24)9-12(23)10-15(17)31(20(22)33)11-16(25)26;1-28-7-2-3-14-18(28)26-21(27-19(14)31)29-8-4-22(5-9-29)17-15(24)11-13(23)12-16(17)30(10-6-25)20(22)32/h9-10H,2-8,11H2,1H3,(H3,25,26)(H,27,28,32);11-12H,2-5,7-10H2,1H3,(H,26,27,31). The molecule has 6 aliphatic heterocycles. The van der Waals surface area contributed by atoms with E-state index >= 15 is 0 Å². The average molecular weight is 898 g/mol. The molecule has 0 aliphatic carbocycles. The minimum atomic E-state index is -1.18. The van der Waals surface area contributed by atoms with Gasteiger partial charge in [0.25, 0.3) is 11.1 Å². The van der Waals surface area contributed by atoms with Gasteiger partial charge in [0, 0.05) is 76.6 Å². The number of H-pyrrole nitrogens is 2. The van der Waals surface area contributed by atoms with E-state index in [1.165, 1.54) is 9.80 Å². The molecule has 0 unspecified atom stereocenters. The molecular weight excluding hydrogens is 851 g/mol. The van der Waals surface area contributed by atoms with Crippen LogP contribution < -0.4 is 46.3 Å². The van der Waals surface area contributed by atoms with E-state index in [1.54, 1.807) is 0 Å². The van der Waals surface area contributed by atoms with Crippen molar-refractivity contribution in [3.8, 4) is 6.07 Å². The first-order valence-electron chi connectivity index (χ1n) is 21.6. The normalized spacial score (nSPS) is 19.2. The fraction of sp³-hybridized carbons (Fsp3) is 0.455. The van der Waals surface area contributed by atoms with Gasteiger partial charge >= 0.3 is 0 Å². The number of hydrogen-bond donors (Lipinski definition) is 4. The van der Waals surface area contributed by atoms with Gasteiger partial charge in [0.1, 0.15) is 47.3 Å². The first kappa shape index (κ1) is 43.3. The van der Waals surface area contributed by atoms with Crippen molar-refractivity contribution in [2.75, 3.05) is 95.9 Å². The zero-order chi connectivity index (χ0) is 46.1. The van der Waals surface area contributed by atoms with E-state index in [4.69, 9.17) is 16.4 Å². The van der Waals surface area contributed by atoms with Crippen molar-refractivity contribution < 1.29 is 27.2 Å². The van der Waals surface area contributed by atoms with Gasteiger partial charge in [-0.2, -0.15) is 15.2 Å². The molecule has 0 bridgehead atoms. The van der Waals surface area contributed by atoms with Crippen LogP contribution in [0.5, 0.6) is 0 Å². The number of carbonyl (C=O) groups is 2. The highest BCUT2D eigenvalue weighted by molar-refractivity contribution is 6.11. The molecule has 2 amide bonds. The Morgan fingerprint density at radius 1 is 0.708 bits per heavy atom. The number of benzene rings is 2. The quantitative estimate of drug-likeness (QED) is 0.0984. The fourth-order valence-electron chi connectivity index (χ4n) is 10.7. The Morgan fingerprint density at radius 3 is 1.54 bits per heavy atom. The Hall–Kier alpha value is -6.98. The van der Waals surface area contributed by atoms with Crippen LogP contribution in [0.2, 0.25) is 0 Å². The first-order chi connectivity index (χ1) is 31.1. The second-order valence-electron chi connectivity index (χ2n) is 17.6. The van der Waals surface area contributed by atoms with Gasteiger partial charge in [0.05, 0.1) is 45.9 Å². The second-order valence-corrected chi connectivity index (χ2v) is 17.6. The number of anilines is 6. The van der Waals surface area contributed by atoms with Crippen LogP contribution in [0.3, 0.4) is 0 Å². The molecule has 10 rings (SSSR count). The lowest BCUT2D eigenvalue weighted by Gasteiger charge is -2.39. The number of nitriles is 1. The summed E-state index contributed by atoms with van der Waals surface area (Å²) in [7, 11) is 3.80. The lowest BCUT2D eigenvalue weighted by Crippen LogP contribution is -2.50. The Morgan fingerprint density at radius 2 is 1.12 bits per heavy atom. The van der Waals surface area contributed by atoms with Crippen molar-refractivity contribution in [2.45, 2.75) is 62.2 Å². The summed E-state index contributed by atoms with van der Waals surface area (Å²) in [5.41, 5.74) is 4.75. The van der Waals surface area contributed by atoms with Gasteiger partial charge in [0.15, 0.2) is 0 Å². The SMILES string of the molecule is CN1CCCc2c1nc(N1CCC3(CC1)C(=O)N(CC#N)c1cc(F)cc(F)c13)[nH]c2=O.CN1CCCc2c1nc(N1CCC3(CC1)C(=O)N(CC(=N)N)c1cc(F)cc(F)c13)[nH]c2=O. The molecule has 340 valence electrons. The highest BCUT2D eigenvalue weighted by atomic mass is 19.1. The lowest BCUT2D eigenvalue weighted by molar-refractivity contribution is -0.124. The molecule has 2 saturated heterocycles. The number of aromatic amines is 2. The van der Waals surface area contributed by atoms with Crippen molar-refractivity contribution >= 4 is 52.6 Å². The predicted molar refractivity (Wildman–Crippen MR) is 234 cm³/mol. The van der Waals surface area contributed by atoms with Crippen LogP contribution in [-0.4, -0.2) is 104 Å². The molecule has 17 nitrogen and oxygen atoms in total. The average Bonchev–Trinajstić information content (AvgIpc) is 3.61. The lowest BCUT2D eigenvalue weighted by atomic mass is 9.73. The number of fused-ring (bicyclic) bond motifs is 6. The summed E-state index contributed by atoms with van der Waals surface area (Å²) in [5.74, 6) is -1.99. The minimum absolute atomic E-state index is 0.128. The zero-order valence-electron chi connectivity index (χ0n) is 35.9. The van der Waals surface area contributed by atoms with E-state index in [0.717, 1.165) is 50.2 Å². The Kier molecular flexibility index (Phi) is 10.8. The molecule has 2 aromatic heterocycles. The van der Waals surface area contributed by atoms with Crippen LogP contribution in [0.15, 0.2) is 33.9 Å². The molecule has 2 aromatic carbocycles. The van der Waals surface area contributed by atoms with Crippen LogP contribution in [0, 0.1) is 40.0 Å². The molecule has 65 heavy (non-hydrogen) atoms. The van der Waals surface area contributed by atoms with Crippen LogP contribution in [-0.2, 0) is 33.3 Å². The first-order valence-corrected chi connectivity index (χ1v) is 21.6. The third kappa shape index (κ3) is 7.09. The second kappa shape index (κ2) is 16.2. The largest absolute Gasteiger partial charge is 0.386 e. The number of nitrogens with two attached hydrogens (primary N) is 1. The summed E-state index contributed by atoms with van der Waals surface area (Å²) in [6, 6.07) is 5.73. The number of amides is 2. The van der Waals surface area contributed by atoms with Gasteiger partial charge in [-0.3, -0.25) is 39.5 Å². The van der Waals surface area contributed by atoms with Gasteiger partial charge < -0.3 is 30.2 Å². The number of amidine groups is 1. The number of halogens is 4. The maximum Gasteiger partial charge on any atom is 0.257 e. The summed E-state index contributed by atoms with van der Waals surface area (Å²) in [5, 5.41) is 16.7. The summed E-state index contributed by atoms with van der Waals surface area (Å²) < 4.78 is 57.8. The van der Waals surface area contributed by atoms with Crippen molar-refractivity contribution in [2.24, 2.45) is 5.73 Å². The number of rotatable bonds is 5. The van der Waals surface area contributed by atoms with E-state index in [0.29, 0.717) is 73.7 Å². The van der Waals surface area contributed by atoms with Crippen molar-refractivity contribution in [1.29, 1.82) is 10.7 Å². The Balaban J connectivity index is 0.000000164. The molecule has 4 aromatic rings. The Labute approximate surface area is 369 Å². The molecule has 5 N–H and O–H groups in total. The molecule has 0 atom stereocenters. The third-order valence-corrected chi connectivity index (χ3v) is 13.8. The molecule has 8 heterocycles. The highest BCUT2D eigenvalue weighted by Gasteiger charge is 2.55. The third-order valence-electron chi connectivity index (χ3n) is 13.8. The van der Waals surface area contributed by atoms with Crippen molar-refractivity contribution in [3.05, 3.63) is 90.5 Å². The molecule has 6 aliphatic rings. The summed E-state index contributed by atoms with van der Waals surface area (Å²) in [4.78, 5) is 77.1. The summed E-state index contributed by atoms with van der Waals surface area (Å²) in [6.07, 6.45) is 4.19. The van der Waals surface area contributed by atoms with Gasteiger partial charge in [-0.15, -0.1) is 0 Å². The molecule has 21 heteroatoms. The molecule has 0 radical (unpaired) electrons. The topological polar surface area (TPSA) is 219 Å². The molecule has 2 spiro atoms. The van der Waals surface area contributed by atoms with Gasteiger partial charge in [0.2, 0.25) is 23.7 Å². The van der Waals surface area contributed by atoms with E-state index in [2.05, 4.69) is 19.9 Å². The van der Waals surface area contributed by atoms with Crippen LogP contribution in [0.4, 0.5) is 52.5 Å². The maximum absolute atomic E-state index is 15.0. The number of carbonyl (C=O) groups excluding carboxylic acids is 2. The molecule has 2 fully saturated rings. The number of aromatic nitrogens is 4. The zero-order valence-corrected chi connectivity index (χ0v) is 35.9. The number of piperidine rings is 2. The van der Waals surface area contributed by atoms with Crippen molar-refractivity contribution in [3.63, 3.8) is 0 Å². The number of nitrogens with zero attached hydrogens (tertiary/aromatic N) is 9. The highest BCUT2D eigenvalue weighted by Crippen LogP contribution is 2.51. The van der Waals surface area contributed by atoms with Crippen LogP contribution in [0.25, 0.3) is 0 Å². The van der Waals surface area contributed by atoms with Gasteiger partial charge in [-0.25, -0.2) is 17.6 Å². The minimum Gasteiger partial charge on any atom is -0.386 e. The smallest absolute Gasteiger partial charge is 0.257 e. The van der Waals surface area contributed by atoms with E-state index in [-0.39, 0.29) is 90.0 Å². The van der Waals surface area contributed by atoms with E-state index in [9.17, 15) is 36.7 Å². The van der Waals surface area contributed by atoms with E-state index < -0.39 is 34.1 Å². The van der Waals surface area contributed by atoms with Crippen LogP contribution in [0.1, 0.15) is 60.8 Å². The van der Waals surface area contributed by atoms with E-state index in [1.807, 2.05) is 39.8 Å². The summed E-state index contributed by atoms with van der Waals surface area (Å²) >= 11 is 0. The number of hydrogen-bond acceptors (Lipinski definition) is 12. The van der Waals surface area contributed by atoms with Gasteiger partial charge in [-0.1, -0.05) is 0 Å². The predicted octanol–water partition coefficient (Wildman–Crippen LogP) is 3.09. The fourth-order valence-corrected chi connectivity index (χ4v) is 10.7. The van der Waals surface area contributed by atoms with Crippen molar-refractivity contribution in [1.82, 2.24) is 19.9 Å². The monoisotopic (exact) mass is 897 g/mol. The maximum atomic E-state index is 15.0. The Bertz CT molecular complexity index is 2810. The van der Waals surface area contributed by atoms with Gasteiger partial charge in [-0.05, 0) is 63.5 Å². The van der Waals surface area contributed by atoms with Crippen LogP contribution >= 0.6 is 0 Å². The number of nitrogens with one attached hydrogen (secondary N) is 3. The molecule has 0 saturated carbocycles. The molecular formula is C44H47F4N13O4. The summed E-state index contributed by atoms with van der Waals surface area (Å²) in [6.45, 7) is 2.55.